The lowest BCUT2D eigenvalue weighted by atomic mass is 10.0. The van der Waals surface area contributed by atoms with Crippen LogP contribution in [0.5, 0.6) is 5.75 Å². The molecule has 0 saturated carbocycles. The Bertz CT molecular complexity index is 1070. The van der Waals surface area contributed by atoms with Crippen LogP contribution in [-0.4, -0.2) is 29.5 Å². The van der Waals surface area contributed by atoms with Gasteiger partial charge in [0.2, 0.25) is 0 Å². The quantitative estimate of drug-likeness (QED) is 0.246. The first kappa shape index (κ1) is 23.1. The number of carbonyl (C=O) groups excluding carboxylic acids is 1. The maximum atomic E-state index is 13.9. The maximum Gasteiger partial charge on any atom is 0.435 e. The lowest BCUT2D eigenvalue weighted by Gasteiger charge is -2.10. The summed E-state index contributed by atoms with van der Waals surface area (Å²) >= 11 is 0. The van der Waals surface area contributed by atoms with E-state index in [0.29, 0.717) is 23.4 Å². The molecule has 0 aliphatic rings. The molecule has 0 bridgehead atoms. The Kier molecular flexibility index (Phi) is 7.35. The fourth-order valence-corrected chi connectivity index (χ4v) is 3.10. The molecule has 0 fully saturated rings. The van der Waals surface area contributed by atoms with Gasteiger partial charge in [0.25, 0.3) is 0 Å². The van der Waals surface area contributed by atoms with Crippen LogP contribution in [0.3, 0.4) is 0 Å². The number of alkyl halides is 3. The molecule has 2 aromatic carbocycles. The van der Waals surface area contributed by atoms with Crippen LogP contribution in [0, 0.1) is 0 Å². The van der Waals surface area contributed by atoms with E-state index in [1.54, 1.807) is 54.6 Å². The van der Waals surface area contributed by atoms with Crippen molar-refractivity contribution in [2.24, 2.45) is 0 Å². The normalized spacial score (nSPS) is 11.7. The van der Waals surface area contributed by atoms with E-state index in [1.807, 2.05) is 6.92 Å². The van der Waals surface area contributed by atoms with E-state index in [0.717, 1.165) is 18.6 Å². The molecule has 0 aliphatic carbocycles. The number of rotatable bonds is 8. The molecular formula is C24H23F3N2O3. The van der Waals surface area contributed by atoms with Crippen LogP contribution in [0.1, 0.15) is 31.0 Å². The summed E-state index contributed by atoms with van der Waals surface area (Å²) in [6, 6.07) is 15.1. The summed E-state index contributed by atoms with van der Waals surface area (Å²) in [5.41, 5.74) is -0.164. The van der Waals surface area contributed by atoms with Gasteiger partial charge in [-0.15, -0.1) is 0 Å². The zero-order valence-electron chi connectivity index (χ0n) is 17.7. The van der Waals surface area contributed by atoms with E-state index in [-0.39, 0.29) is 17.9 Å². The van der Waals surface area contributed by atoms with Gasteiger partial charge >= 0.3 is 12.1 Å². The predicted molar refractivity (Wildman–Crippen MR) is 115 cm³/mol. The molecule has 0 saturated heterocycles. The van der Waals surface area contributed by atoms with E-state index in [1.165, 1.54) is 11.8 Å². The average molecular weight is 444 g/mol. The topological polar surface area (TPSA) is 53.3 Å². The fraction of sp³-hybridized carbons (Fsp3) is 0.250. The molecule has 8 heteroatoms. The molecule has 0 unspecified atom stereocenters. The van der Waals surface area contributed by atoms with E-state index in [2.05, 4.69) is 5.10 Å². The third-order valence-corrected chi connectivity index (χ3v) is 4.68. The van der Waals surface area contributed by atoms with Crippen molar-refractivity contribution in [2.45, 2.75) is 25.9 Å². The zero-order chi connectivity index (χ0) is 23.1. The van der Waals surface area contributed by atoms with Gasteiger partial charge in [0.15, 0.2) is 5.69 Å². The van der Waals surface area contributed by atoms with Crippen LogP contribution in [0.15, 0.2) is 60.7 Å². The van der Waals surface area contributed by atoms with Crippen molar-refractivity contribution in [3.05, 3.63) is 71.9 Å². The average Bonchev–Trinajstić information content (AvgIpc) is 3.18. The number of halogens is 3. The Morgan fingerprint density at radius 3 is 2.38 bits per heavy atom. The number of unbranched alkanes of at least 4 members (excludes halogenated alkanes) is 1. The number of ether oxygens (including phenoxy) is 2. The summed E-state index contributed by atoms with van der Waals surface area (Å²) < 4.78 is 53.2. The van der Waals surface area contributed by atoms with Crippen molar-refractivity contribution in [3.63, 3.8) is 0 Å². The van der Waals surface area contributed by atoms with Crippen LogP contribution in [0.4, 0.5) is 13.2 Å². The van der Waals surface area contributed by atoms with Gasteiger partial charge in [-0.05, 0) is 36.8 Å². The Hall–Kier alpha value is -3.55. The van der Waals surface area contributed by atoms with Gasteiger partial charge in [0.05, 0.1) is 25.1 Å². The first-order chi connectivity index (χ1) is 15.3. The minimum atomic E-state index is -4.73. The molecule has 0 aliphatic heterocycles. The van der Waals surface area contributed by atoms with Crippen LogP contribution in [0.2, 0.25) is 0 Å². The van der Waals surface area contributed by atoms with Gasteiger partial charge in [0.1, 0.15) is 5.75 Å². The van der Waals surface area contributed by atoms with Crippen LogP contribution >= 0.6 is 0 Å². The van der Waals surface area contributed by atoms with Gasteiger partial charge < -0.3 is 9.47 Å². The van der Waals surface area contributed by atoms with Gasteiger partial charge in [0, 0.05) is 17.2 Å². The Morgan fingerprint density at radius 2 is 1.78 bits per heavy atom. The van der Waals surface area contributed by atoms with E-state index < -0.39 is 17.8 Å². The SMILES string of the molecule is CCCCOC(=O)/C=C/c1c(C(F)(F)F)nn(-c2ccc(OC)cc2)c1-c1ccccc1. The first-order valence-corrected chi connectivity index (χ1v) is 10.1. The molecule has 5 nitrogen and oxygen atoms in total. The highest BCUT2D eigenvalue weighted by Gasteiger charge is 2.39. The molecule has 0 amide bonds. The van der Waals surface area contributed by atoms with Gasteiger partial charge in [-0.3, -0.25) is 0 Å². The molecule has 3 rings (SSSR count). The third-order valence-electron chi connectivity index (χ3n) is 4.68. The number of aromatic nitrogens is 2. The number of esters is 1. The molecule has 1 heterocycles. The second-order valence-electron chi connectivity index (χ2n) is 6.94. The number of benzene rings is 2. The van der Waals surface area contributed by atoms with Crippen molar-refractivity contribution in [3.8, 4) is 22.7 Å². The van der Waals surface area contributed by atoms with Crippen molar-refractivity contribution in [1.82, 2.24) is 9.78 Å². The highest BCUT2D eigenvalue weighted by atomic mass is 19.4. The highest BCUT2D eigenvalue weighted by molar-refractivity contribution is 5.89. The van der Waals surface area contributed by atoms with Gasteiger partial charge in [-0.2, -0.15) is 18.3 Å². The Morgan fingerprint density at radius 1 is 1.09 bits per heavy atom. The van der Waals surface area contributed by atoms with Crippen molar-refractivity contribution in [2.75, 3.05) is 13.7 Å². The lowest BCUT2D eigenvalue weighted by molar-refractivity contribution is -0.141. The molecule has 0 atom stereocenters. The standard InChI is InChI=1S/C24H23F3N2O3/c1-3-4-16-32-21(30)15-14-20-22(17-8-6-5-7-9-17)29(28-23(20)24(25,26)27)18-10-12-19(31-2)13-11-18/h5-15H,3-4,16H2,1-2H3/b15-14+. The fourth-order valence-electron chi connectivity index (χ4n) is 3.10. The molecule has 3 aromatic rings. The minimum Gasteiger partial charge on any atom is -0.497 e. The third kappa shape index (κ3) is 5.38. The number of hydrogen-bond donors (Lipinski definition) is 0. The molecule has 0 N–H and O–H groups in total. The Labute approximate surface area is 184 Å². The predicted octanol–water partition coefficient (Wildman–Crippen LogP) is 5.92. The first-order valence-electron chi connectivity index (χ1n) is 10.1. The van der Waals surface area contributed by atoms with Crippen molar-refractivity contribution < 1.29 is 27.4 Å². The second kappa shape index (κ2) is 10.2. The van der Waals surface area contributed by atoms with Gasteiger partial charge in [-0.25, -0.2) is 9.48 Å². The summed E-state index contributed by atoms with van der Waals surface area (Å²) in [6.07, 6.45) is -1.09. The van der Waals surface area contributed by atoms with Crippen LogP contribution in [-0.2, 0) is 15.7 Å². The van der Waals surface area contributed by atoms with Gasteiger partial charge in [-0.1, -0.05) is 43.7 Å². The smallest absolute Gasteiger partial charge is 0.435 e. The molecule has 168 valence electrons. The maximum absolute atomic E-state index is 13.9. The van der Waals surface area contributed by atoms with E-state index in [4.69, 9.17) is 9.47 Å². The summed E-state index contributed by atoms with van der Waals surface area (Å²) in [7, 11) is 1.50. The molecule has 32 heavy (non-hydrogen) atoms. The number of carbonyl (C=O) groups is 1. The van der Waals surface area contributed by atoms with Crippen LogP contribution < -0.4 is 4.74 Å². The summed E-state index contributed by atoms with van der Waals surface area (Å²) in [5, 5.41) is 3.88. The summed E-state index contributed by atoms with van der Waals surface area (Å²) in [6.45, 7) is 2.15. The van der Waals surface area contributed by atoms with Crippen molar-refractivity contribution in [1.29, 1.82) is 0 Å². The monoisotopic (exact) mass is 444 g/mol. The Balaban J connectivity index is 2.16. The lowest BCUT2D eigenvalue weighted by Crippen LogP contribution is -2.09. The van der Waals surface area contributed by atoms with E-state index in [9.17, 15) is 18.0 Å². The summed E-state index contributed by atoms with van der Waals surface area (Å²) in [5.74, 6) is -0.143. The highest BCUT2D eigenvalue weighted by Crippen LogP contribution is 2.38. The number of hydrogen-bond acceptors (Lipinski definition) is 4. The number of nitrogens with zero attached hydrogens (tertiary/aromatic N) is 2. The van der Waals surface area contributed by atoms with E-state index >= 15 is 0 Å². The molecule has 1 aromatic heterocycles. The second-order valence-corrected chi connectivity index (χ2v) is 6.94. The largest absolute Gasteiger partial charge is 0.497 e. The van der Waals surface area contributed by atoms with Crippen LogP contribution in [0.25, 0.3) is 23.0 Å². The molecule has 0 radical (unpaired) electrons. The summed E-state index contributed by atoms with van der Waals surface area (Å²) in [4.78, 5) is 12.0. The zero-order valence-corrected chi connectivity index (χ0v) is 17.7. The van der Waals surface area contributed by atoms with Crippen molar-refractivity contribution >= 4 is 12.0 Å². The molecule has 0 spiro atoms. The molecular weight excluding hydrogens is 421 g/mol. The minimum absolute atomic E-state index is 0.209. The number of methoxy groups -OCH3 is 1.